The maximum atomic E-state index is 13.3. The molecule has 0 radical (unpaired) electrons. The molecular weight excluding hydrogens is 972 g/mol. The van der Waals surface area contributed by atoms with Crippen LogP contribution in [0.15, 0.2) is 158 Å². The number of carbonyl (C=O) groups excluding carboxylic acids is 4. The summed E-state index contributed by atoms with van der Waals surface area (Å²) in [5, 5.41) is 44.5. The lowest BCUT2D eigenvalue weighted by Gasteiger charge is -2.23. The molecule has 0 heterocycles. The number of alkyl halides is 6. The second-order valence-electron chi connectivity index (χ2n) is 17.3. The number of benzene rings is 6. The van der Waals surface area contributed by atoms with Crippen LogP contribution in [-0.2, 0) is 47.6 Å². The number of rotatable bonds is 22. The van der Waals surface area contributed by atoms with E-state index in [2.05, 4.69) is 10.6 Å². The summed E-state index contributed by atoms with van der Waals surface area (Å²) in [5.74, 6) is -4.97. The number of Topliss-reactive ketones (excluding diaryl/α,β-unsaturated/α-hetero) is 2. The van der Waals surface area contributed by atoms with E-state index in [0.717, 1.165) is 35.4 Å². The summed E-state index contributed by atoms with van der Waals surface area (Å²) in [6, 6.07) is 39.8. The Morgan fingerprint density at radius 2 is 0.784 bits per heavy atom. The van der Waals surface area contributed by atoms with Crippen LogP contribution in [0.2, 0.25) is 0 Å². The van der Waals surface area contributed by atoms with Gasteiger partial charge in [0.2, 0.25) is 11.8 Å². The Kier molecular flexibility index (Phi) is 21.2. The molecule has 0 saturated carbocycles. The van der Waals surface area contributed by atoms with Crippen LogP contribution < -0.4 is 20.1 Å². The fourth-order valence-electron chi connectivity index (χ4n) is 7.87. The highest BCUT2D eigenvalue weighted by Crippen LogP contribution is 2.31. The summed E-state index contributed by atoms with van der Waals surface area (Å²) < 4.78 is 88.7. The summed E-state index contributed by atoms with van der Waals surface area (Å²) in [4.78, 5) is 52.5. The standard InChI is InChI=1S/2C27H27BF3NO5/c2*1-37-23-12-10-20(11-13-23)24(33)17-21(14-18-6-3-2-4-7-18)26(34)32-25(28(35)36)16-19-8-5-9-22(15-19)27(29,30)31/h2*2-13,15,21,25,35-36H,14,16-17H2,1H3,(H,32,34)/t21-,25+;21-,25-/m10/s1. The van der Waals surface area contributed by atoms with Crippen LogP contribution in [0.25, 0.3) is 0 Å². The molecule has 0 aliphatic heterocycles. The van der Waals surface area contributed by atoms with Crippen molar-refractivity contribution in [3.63, 3.8) is 0 Å². The topological polar surface area (TPSA) is 192 Å². The molecule has 6 rings (SSSR count). The summed E-state index contributed by atoms with van der Waals surface area (Å²) in [6.45, 7) is 0. The van der Waals surface area contributed by atoms with Gasteiger partial charge in [-0.15, -0.1) is 0 Å². The fraction of sp³-hybridized carbons (Fsp3) is 0.259. The minimum absolute atomic E-state index is 0.162. The maximum Gasteiger partial charge on any atom is 0.475 e. The van der Waals surface area contributed by atoms with Crippen molar-refractivity contribution in [1.82, 2.24) is 10.6 Å². The molecule has 4 atom stereocenters. The van der Waals surface area contributed by atoms with E-state index >= 15 is 0 Å². The third-order valence-electron chi connectivity index (χ3n) is 11.9. The lowest BCUT2D eigenvalue weighted by molar-refractivity contribution is -0.138. The number of nitrogens with one attached hydrogen (secondary N) is 2. The van der Waals surface area contributed by atoms with Crippen molar-refractivity contribution in [2.75, 3.05) is 14.2 Å². The van der Waals surface area contributed by atoms with Crippen LogP contribution in [0, 0.1) is 11.8 Å². The summed E-state index contributed by atoms with van der Waals surface area (Å²) >= 11 is 0. The zero-order valence-corrected chi connectivity index (χ0v) is 40.2. The highest BCUT2D eigenvalue weighted by molar-refractivity contribution is 6.44. The van der Waals surface area contributed by atoms with E-state index in [-0.39, 0.29) is 61.2 Å². The number of methoxy groups -OCH3 is 2. The third kappa shape index (κ3) is 18.0. The maximum absolute atomic E-state index is 13.3. The molecule has 6 aromatic carbocycles. The SMILES string of the molecule is COc1ccc(C(=O)C[C@@H](Cc2ccccc2)C(=O)N[C@@H](Cc2cccc(C(F)(F)F)c2)B(O)O)cc1.COc1ccc(C(=O)C[C@H](Cc2ccccc2)C(=O)N[C@@H](Cc2cccc(C(F)(F)F)c2)B(O)O)cc1. The van der Waals surface area contributed by atoms with E-state index in [4.69, 9.17) is 9.47 Å². The Morgan fingerprint density at radius 3 is 1.08 bits per heavy atom. The zero-order chi connectivity index (χ0) is 54.0. The van der Waals surface area contributed by atoms with E-state index in [1.165, 1.54) is 38.5 Å². The molecule has 0 spiro atoms. The number of carbonyl (C=O) groups is 4. The van der Waals surface area contributed by atoms with Crippen molar-refractivity contribution >= 4 is 37.6 Å². The molecule has 0 saturated heterocycles. The van der Waals surface area contributed by atoms with Crippen LogP contribution in [0.4, 0.5) is 26.3 Å². The molecule has 12 nitrogen and oxygen atoms in total. The Morgan fingerprint density at radius 1 is 0.459 bits per heavy atom. The van der Waals surface area contributed by atoms with Gasteiger partial charge in [0.25, 0.3) is 0 Å². The van der Waals surface area contributed by atoms with Gasteiger partial charge in [-0.1, -0.05) is 97.1 Å². The summed E-state index contributed by atoms with van der Waals surface area (Å²) in [6.07, 6.45) is -9.55. The third-order valence-corrected chi connectivity index (χ3v) is 11.9. The highest BCUT2D eigenvalue weighted by Gasteiger charge is 2.35. The Balaban J connectivity index is 0.000000274. The normalized spacial score (nSPS) is 12.9. The first-order chi connectivity index (χ1) is 35.1. The van der Waals surface area contributed by atoms with Gasteiger partial charge >= 0.3 is 26.6 Å². The van der Waals surface area contributed by atoms with Crippen molar-refractivity contribution in [2.45, 2.75) is 62.8 Å². The van der Waals surface area contributed by atoms with Crippen molar-refractivity contribution in [3.8, 4) is 11.5 Å². The van der Waals surface area contributed by atoms with Gasteiger partial charge in [0.1, 0.15) is 11.5 Å². The molecule has 0 bridgehead atoms. The van der Waals surface area contributed by atoms with Crippen molar-refractivity contribution < 1.29 is 75.1 Å². The molecule has 0 aliphatic rings. The van der Waals surface area contributed by atoms with Crippen molar-refractivity contribution in [1.29, 1.82) is 0 Å². The first-order valence-corrected chi connectivity index (χ1v) is 23.2. The fourth-order valence-corrected chi connectivity index (χ4v) is 7.87. The molecule has 2 amide bonds. The highest BCUT2D eigenvalue weighted by atomic mass is 19.4. The Bertz CT molecular complexity index is 2560. The van der Waals surface area contributed by atoms with E-state index in [1.54, 1.807) is 97.1 Å². The van der Waals surface area contributed by atoms with E-state index in [1.807, 2.05) is 12.1 Å². The van der Waals surface area contributed by atoms with Crippen LogP contribution in [0.1, 0.15) is 66.9 Å². The molecule has 6 aromatic rings. The zero-order valence-electron chi connectivity index (χ0n) is 40.2. The summed E-state index contributed by atoms with van der Waals surface area (Å²) in [7, 11) is -1.06. The second kappa shape index (κ2) is 27.2. The van der Waals surface area contributed by atoms with Gasteiger partial charge in [0, 0.05) is 35.8 Å². The minimum Gasteiger partial charge on any atom is -0.497 e. The molecule has 6 N–H and O–H groups in total. The van der Waals surface area contributed by atoms with Gasteiger partial charge in [-0.3, -0.25) is 19.2 Å². The molecular formula is C54H54B2F6N2O10. The minimum atomic E-state index is -4.56. The lowest BCUT2D eigenvalue weighted by Crippen LogP contribution is -2.50. The van der Waals surface area contributed by atoms with Gasteiger partial charge in [0.15, 0.2) is 11.6 Å². The van der Waals surface area contributed by atoms with Crippen LogP contribution >= 0.6 is 0 Å². The number of amides is 2. The molecule has 0 fully saturated rings. The molecule has 388 valence electrons. The van der Waals surface area contributed by atoms with Crippen LogP contribution in [0.3, 0.4) is 0 Å². The number of hydrogen-bond acceptors (Lipinski definition) is 10. The second-order valence-corrected chi connectivity index (χ2v) is 17.3. The van der Waals surface area contributed by atoms with Gasteiger partial charge in [0.05, 0.1) is 37.2 Å². The average molecular weight is 1030 g/mol. The largest absolute Gasteiger partial charge is 0.497 e. The van der Waals surface area contributed by atoms with Gasteiger partial charge < -0.3 is 40.2 Å². The van der Waals surface area contributed by atoms with E-state index in [9.17, 15) is 65.6 Å². The Labute approximate surface area is 424 Å². The van der Waals surface area contributed by atoms with Gasteiger partial charge in [-0.2, -0.15) is 26.3 Å². The van der Waals surface area contributed by atoms with Crippen LogP contribution in [-0.4, -0.2) is 83.8 Å². The lowest BCUT2D eigenvalue weighted by atomic mass is 9.75. The van der Waals surface area contributed by atoms with Gasteiger partial charge in [-0.05, 0) is 109 Å². The quantitative estimate of drug-likeness (QED) is 0.0223. The number of hydrogen-bond donors (Lipinski definition) is 6. The van der Waals surface area contributed by atoms with Crippen molar-refractivity contribution in [2.24, 2.45) is 11.8 Å². The predicted molar refractivity (Wildman–Crippen MR) is 266 cm³/mol. The first kappa shape index (κ1) is 57.6. The molecule has 74 heavy (non-hydrogen) atoms. The smallest absolute Gasteiger partial charge is 0.475 e. The van der Waals surface area contributed by atoms with Gasteiger partial charge in [-0.25, -0.2) is 0 Å². The number of ether oxygens (including phenoxy) is 2. The Hall–Kier alpha value is -7.25. The summed E-state index contributed by atoms with van der Waals surface area (Å²) in [5.41, 5.74) is 0.936. The molecule has 0 unspecified atom stereocenters. The molecule has 0 aliphatic carbocycles. The van der Waals surface area contributed by atoms with Crippen LogP contribution in [0.5, 0.6) is 11.5 Å². The number of halogens is 6. The first-order valence-electron chi connectivity index (χ1n) is 23.2. The molecule has 0 aromatic heterocycles. The van der Waals surface area contributed by atoms with Crippen molar-refractivity contribution in [3.05, 3.63) is 202 Å². The molecule has 20 heteroatoms. The number of ketones is 2. The van der Waals surface area contributed by atoms with E-state index in [0.29, 0.717) is 22.6 Å². The monoisotopic (exact) mass is 1030 g/mol. The predicted octanol–water partition coefficient (Wildman–Crippen LogP) is 7.77. The van der Waals surface area contributed by atoms with E-state index < -0.39 is 73.2 Å². The average Bonchev–Trinajstić information content (AvgIpc) is 3.38.